The first-order valence-electron chi connectivity index (χ1n) is 11.4. The monoisotopic (exact) mass is 498 g/mol. The third kappa shape index (κ3) is 5.18. The summed E-state index contributed by atoms with van der Waals surface area (Å²) in [7, 11) is -1.89. The van der Waals surface area contributed by atoms with E-state index < -0.39 is 21.9 Å². The van der Waals surface area contributed by atoms with E-state index in [0.29, 0.717) is 42.8 Å². The summed E-state index contributed by atoms with van der Waals surface area (Å²) >= 11 is 0. The zero-order chi connectivity index (χ0) is 25.2. The highest BCUT2D eigenvalue weighted by Crippen LogP contribution is 2.37. The molecular weight excluding hydrogens is 470 g/mol. The van der Waals surface area contributed by atoms with Gasteiger partial charge in [0.15, 0.2) is 0 Å². The van der Waals surface area contributed by atoms with E-state index in [-0.39, 0.29) is 23.8 Å². The maximum Gasteiger partial charge on any atom is 0.337 e. The Hall–Kier alpha value is -3.37. The van der Waals surface area contributed by atoms with Crippen molar-refractivity contribution in [2.45, 2.75) is 32.3 Å². The molecule has 1 aliphatic rings. The zero-order valence-corrected chi connectivity index (χ0v) is 20.5. The van der Waals surface area contributed by atoms with E-state index in [0.717, 1.165) is 16.5 Å². The van der Waals surface area contributed by atoms with E-state index in [2.05, 4.69) is 4.98 Å². The number of methoxy groups -OCH3 is 1. The average Bonchev–Trinajstić information content (AvgIpc) is 3.30. The minimum atomic E-state index is -3.21. The zero-order valence-electron chi connectivity index (χ0n) is 19.7. The van der Waals surface area contributed by atoms with Gasteiger partial charge in [-0.1, -0.05) is 12.1 Å². The first-order valence-corrected chi connectivity index (χ1v) is 13.0. The molecule has 35 heavy (non-hydrogen) atoms. The van der Waals surface area contributed by atoms with Gasteiger partial charge in [0.2, 0.25) is 10.0 Å². The summed E-state index contributed by atoms with van der Waals surface area (Å²) in [6, 6.07) is 10.2. The Morgan fingerprint density at radius 2 is 1.83 bits per heavy atom. The van der Waals surface area contributed by atoms with Crippen LogP contribution in [0.3, 0.4) is 0 Å². The Bertz CT molecular complexity index is 1340. The van der Waals surface area contributed by atoms with Gasteiger partial charge in [0.25, 0.3) is 5.91 Å². The van der Waals surface area contributed by atoms with Crippen LogP contribution in [0.1, 0.15) is 57.5 Å². The highest BCUT2D eigenvalue weighted by molar-refractivity contribution is 7.89. The molecule has 1 saturated heterocycles. The smallest absolute Gasteiger partial charge is 0.337 e. The fraction of sp³-hybridized carbons (Fsp3) is 0.360. The molecule has 0 bridgehead atoms. The fourth-order valence-corrected chi connectivity index (χ4v) is 5.61. The first kappa shape index (κ1) is 24.7. The average molecular weight is 499 g/mol. The summed E-state index contributed by atoms with van der Waals surface area (Å²) in [5, 5.41) is 0.802. The van der Waals surface area contributed by atoms with Gasteiger partial charge in [0, 0.05) is 24.7 Å². The number of H-pyrrole nitrogens is 1. The summed E-state index contributed by atoms with van der Waals surface area (Å²) in [6.45, 7) is 2.77. The Labute approximate surface area is 204 Å². The Balaban J connectivity index is 1.56. The summed E-state index contributed by atoms with van der Waals surface area (Å²) in [5.41, 5.74) is 10.8. The van der Waals surface area contributed by atoms with Gasteiger partial charge in [0.05, 0.1) is 29.5 Å². The molecule has 4 rings (SSSR count). The molecule has 0 atom stereocenters. The van der Waals surface area contributed by atoms with Crippen molar-refractivity contribution in [3.05, 3.63) is 64.8 Å². The van der Waals surface area contributed by atoms with Gasteiger partial charge < -0.3 is 14.5 Å². The highest BCUT2D eigenvalue weighted by Gasteiger charge is 2.29. The summed E-state index contributed by atoms with van der Waals surface area (Å²) in [4.78, 5) is 26.8. The number of sulfonamides is 1. The summed E-state index contributed by atoms with van der Waals surface area (Å²) in [6.07, 6.45) is 3.20. The number of carbonyl (C=O) groups excluding carboxylic acids is 2. The van der Waals surface area contributed by atoms with Gasteiger partial charge in [-0.15, -0.1) is 0 Å². The number of aromatic amines is 1. The van der Waals surface area contributed by atoms with Crippen LogP contribution in [0.25, 0.3) is 10.9 Å². The number of fused-ring (bicyclic) bond motifs is 1. The van der Waals surface area contributed by atoms with Crippen LogP contribution in [0.2, 0.25) is 0 Å². The maximum atomic E-state index is 12.2. The predicted octanol–water partition coefficient (Wildman–Crippen LogP) is 3.49. The minimum Gasteiger partial charge on any atom is -0.489 e. The molecule has 0 saturated carbocycles. The Morgan fingerprint density at radius 3 is 2.43 bits per heavy atom. The minimum absolute atomic E-state index is 0.0891. The van der Waals surface area contributed by atoms with Gasteiger partial charge >= 0.3 is 5.97 Å². The van der Waals surface area contributed by atoms with Crippen LogP contribution < -0.4 is 10.5 Å². The Kier molecular flexibility index (Phi) is 7.13. The van der Waals surface area contributed by atoms with E-state index in [1.165, 1.54) is 11.4 Å². The molecule has 2 aromatic carbocycles. The molecular formula is C25H28N3O6S. The van der Waals surface area contributed by atoms with Crippen molar-refractivity contribution in [2.75, 3.05) is 26.0 Å². The lowest BCUT2D eigenvalue weighted by molar-refractivity contribution is 0.0600. The summed E-state index contributed by atoms with van der Waals surface area (Å²) in [5.74, 6) is -0.565. The molecule has 0 unspecified atom stereocenters. The number of piperidine rings is 1. The molecule has 1 fully saturated rings. The lowest BCUT2D eigenvalue weighted by atomic mass is 9.89. The third-order valence-corrected chi connectivity index (χ3v) is 8.35. The molecule has 1 aliphatic heterocycles. The topological polar surface area (TPSA) is 130 Å². The molecule has 1 aromatic heterocycles. The molecule has 0 aliphatic carbocycles. The number of hydrogen-bond donors (Lipinski definition) is 1. The van der Waals surface area contributed by atoms with Crippen molar-refractivity contribution in [1.82, 2.24) is 15.0 Å². The number of benzene rings is 2. The quantitative estimate of drug-likeness (QED) is 0.473. The number of hydrogen-bond acceptors (Lipinski definition) is 6. The van der Waals surface area contributed by atoms with Crippen molar-refractivity contribution >= 4 is 32.8 Å². The van der Waals surface area contributed by atoms with Gasteiger partial charge in [0.1, 0.15) is 12.4 Å². The largest absolute Gasteiger partial charge is 0.489 e. The third-order valence-electron chi connectivity index (χ3n) is 6.47. The second kappa shape index (κ2) is 10.1. The number of amides is 1. The van der Waals surface area contributed by atoms with Gasteiger partial charge in [-0.3, -0.25) is 10.5 Å². The lowest BCUT2D eigenvalue weighted by Crippen LogP contribution is -2.38. The molecule has 1 radical (unpaired) electrons. The van der Waals surface area contributed by atoms with Gasteiger partial charge in [-0.25, -0.2) is 17.5 Å². The van der Waals surface area contributed by atoms with E-state index in [9.17, 15) is 18.0 Å². The number of rotatable bonds is 8. The lowest BCUT2D eigenvalue weighted by Gasteiger charge is -2.30. The van der Waals surface area contributed by atoms with Crippen LogP contribution >= 0.6 is 0 Å². The van der Waals surface area contributed by atoms with E-state index in [1.807, 2.05) is 12.3 Å². The molecule has 2 N–H and O–H groups in total. The normalized spacial score (nSPS) is 15.3. The number of esters is 1. The van der Waals surface area contributed by atoms with Crippen LogP contribution in [0.15, 0.2) is 42.6 Å². The second-order valence-corrected chi connectivity index (χ2v) is 10.8. The molecule has 10 heteroatoms. The van der Waals surface area contributed by atoms with Crippen molar-refractivity contribution in [3.63, 3.8) is 0 Å². The van der Waals surface area contributed by atoms with Gasteiger partial charge in [-0.2, -0.15) is 0 Å². The van der Waals surface area contributed by atoms with Crippen LogP contribution in [0.5, 0.6) is 5.75 Å². The van der Waals surface area contributed by atoms with Crippen molar-refractivity contribution in [3.8, 4) is 5.75 Å². The molecule has 0 spiro atoms. The van der Waals surface area contributed by atoms with Crippen LogP contribution in [0, 0.1) is 0 Å². The van der Waals surface area contributed by atoms with Crippen molar-refractivity contribution < 1.29 is 27.5 Å². The van der Waals surface area contributed by atoms with E-state index in [4.69, 9.17) is 15.2 Å². The maximum absolute atomic E-state index is 12.2. The van der Waals surface area contributed by atoms with Crippen LogP contribution in [-0.2, 0) is 21.4 Å². The number of aromatic nitrogens is 1. The molecule has 185 valence electrons. The van der Waals surface area contributed by atoms with Crippen LogP contribution in [0.4, 0.5) is 0 Å². The number of ether oxygens (including phenoxy) is 2. The predicted molar refractivity (Wildman–Crippen MR) is 131 cm³/mol. The molecule has 9 nitrogen and oxygen atoms in total. The molecule has 3 aromatic rings. The van der Waals surface area contributed by atoms with Crippen molar-refractivity contribution in [2.24, 2.45) is 0 Å². The Morgan fingerprint density at radius 1 is 1.14 bits per heavy atom. The van der Waals surface area contributed by atoms with Gasteiger partial charge in [-0.05, 0) is 61.1 Å². The fourth-order valence-electron chi connectivity index (χ4n) is 4.48. The molecule has 1 amide bonds. The number of carbonyl (C=O) groups is 2. The second-order valence-electron chi connectivity index (χ2n) is 8.52. The number of nitrogens with zero attached hydrogens (tertiary/aromatic N) is 1. The van der Waals surface area contributed by atoms with Crippen LogP contribution in [-0.4, -0.2) is 55.5 Å². The SMILES string of the molecule is CCS(=O)(=O)N1CCC(c2c[nH]c3c(C([NH])=O)cc(OCc4ccc(C(=O)OC)cc4)cc23)CC1. The first-order chi connectivity index (χ1) is 16.7. The van der Waals surface area contributed by atoms with Crippen molar-refractivity contribution in [1.29, 1.82) is 0 Å². The highest BCUT2D eigenvalue weighted by atomic mass is 32.2. The van der Waals surface area contributed by atoms with E-state index >= 15 is 0 Å². The molecule has 2 heterocycles. The van der Waals surface area contributed by atoms with E-state index in [1.54, 1.807) is 37.3 Å². The summed E-state index contributed by atoms with van der Waals surface area (Å²) < 4.78 is 36.6. The number of nitrogens with one attached hydrogen (secondary N) is 2. The standard InChI is InChI=1S/C25H28N3O6S/c1-3-35(31,32)28-10-8-17(9-11-28)22-14-27-23-20(22)12-19(13-21(23)24(26)29)34-15-16-4-6-18(7-5-16)25(30)33-2/h4-7,12-14,17,26-27H,3,8-11,15H2,1-2H3.